The van der Waals surface area contributed by atoms with Gasteiger partial charge in [0.05, 0.1) is 12.2 Å². The number of hydrogen-bond acceptors (Lipinski definition) is 3. The van der Waals surface area contributed by atoms with Crippen LogP contribution in [0.5, 0.6) is 0 Å². The highest BCUT2D eigenvalue weighted by Gasteiger charge is 2.02. The van der Waals surface area contributed by atoms with Gasteiger partial charge >= 0.3 is 0 Å². The Hall–Kier alpha value is -1.51. The largest absolute Gasteiger partial charge is 0.311 e. The van der Waals surface area contributed by atoms with Crippen LogP contribution in [0, 0.1) is 26.2 Å². The molecule has 0 aliphatic carbocycles. The molecule has 0 bridgehead atoms. The van der Waals surface area contributed by atoms with Crippen molar-refractivity contribution in [3.8, 4) is 0 Å². The van der Waals surface area contributed by atoms with Crippen molar-refractivity contribution >= 4 is 11.9 Å². The summed E-state index contributed by atoms with van der Waals surface area (Å²) in [4.78, 5) is 0. The summed E-state index contributed by atoms with van der Waals surface area (Å²) in [7, 11) is 0. The van der Waals surface area contributed by atoms with Crippen LogP contribution in [0.3, 0.4) is 0 Å². The maximum atomic E-state index is 6.84. The summed E-state index contributed by atoms with van der Waals surface area (Å²) in [5, 5.41) is 14.9. The number of rotatable bonds is 3. The molecule has 3 nitrogen and oxygen atoms in total. The monoisotopic (exact) mass is 189 g/mol. The zero-order valence-corrected chi connectivity index (χ0v) is 8.83. The van der Waals surface area contributed by atoms with E-state index in [1.54, 1.807) is 0 Å². The first-order valence-corrected chi connectivity index (χ1v) is 4.60. The lowest BCUT2D eigenvalue weighted by molar-refractivity contribution is 1.08. The molecule has 1 N–H and O–H groups in total. The fourth-order valence-corrected chi connectivity index (χ4v) is 1.24. The van der Waals surface area contributed by atoms with Crippen LogP contribution >= 0.6 is 0 Å². The molecule has 0 aliphatic heterocycles. The number of azo groups is 1. The molecular weight excluding hydrogens is 174 g/mol. The van der Waals surface area contributed by atoms with E-state index in [9.17, 15) is 0 Å². The fraction of sp³-hybridized carbons (Fsp3) is 0.364. The second-order valence-electron chi connectivity index (χ2n) is 3.30. The van der Waals surface area contributed by atoms with Crippen molar-refractivity contribution in [1.82, 2.24) is 0 Å². The van der Waals surface area contributed by atoms with Gasteiger partial charge in [-0.05, 0) is 37.5 Å². The topological polar surface area (TPSA) is 48.6 Å². The van der Waals surface area contributed by atoms with E-state index in [0.717, 1.165) is 11.3 Å². The van der Waals surface area contributed by atoms with E-state index < -0.39 is 0 Å². The molecular formula is C11H15N3. The van der Waals surface area contributed by atoms with Crippen LogP contribution in [0.4, 0.5) is 5.69 Å². The van der Waals surface area contributed by atoms with Gasteiger partial charge in [0.1, 0.15) is 0 Å². The van der Waals surface area contributed by atoms with Crippen molar-refractivity contribution in [3.05, 3.63) is 28.8 Å². The van der Waals surface area contributed by atoms with E-state index in [1.165, 1.54) is 17.3 Å². The van der Waals surface area contributed by atoms with Gasteiger partial charge in [-0.3, -0.25) is 0 Å². The highest BCUT2D eigenvalue weighted by molar-refractivity contribution is 5.56. The highest BCUT2D eigenvalue weighted by atomic mass is 15.1. The summed E-state index contributed by atoms with van der Waals surface area (Å²) in [6, 6.07) is 4.13. The molecule has 14 heavy (non-hydrogen) atoms. The Labute approximate surface area is 84.4 Å². The van der Waals surface area contributed by atoms with Gasteiger partial charge in [0, 0.05) is 6.21 Å². The lowest BCUT2D eigenvalue weighted by atomic mass is 10.0. The third kappa shape index (κ3) is 2.25. The number of benzene rings is 1. The maximum Gasteiger partial charge on any atom is 0.0948 e. The first-order chi connectivity index (χ1) is 6.66. The molecule has 1 aromatic rings. The minimum absolute atomic E-state index is 0.354. The Morgan fingerprint density at radius 2 is 1.86 bits per heavy atom. The third-order valence-electron chi connectivity index (χ3n) is 2.25. The maximum absolute atomic E-state index is 6.84. The second kappa shape index (κ2) is 4.65. The van der Waals surface area contributed by atoms with Crippen molar-refractivity contribution in [2.24, 2.45) is 10.2 Å². The van der Waals surface area contributed by atoms with E-state index in [-0.39, 0.29) is 0 Å². The minimum atomic E-state index is 0.354. The summed E-state index contributed by atoms with van der Waals surface area (Å²) in [6.07, 6.45) is 1.24. The average Bonchev–Trinajstić information content (AvgIpc) is 2.18. The van der Waals surface area contributed by atoms with Gasteiger partial charge < -0.3 is 5.41 Å². The van der Waals surface area contributed by atoms with Crippen LogP contribution in [-0.2, 0) is 0 Å². The normalized spacial score (nSPS) is 10.8. The predicted molar refractivity (Wildman–Crippen MR) is 58.8 cm³/mol. The van der Waals surface area contributed by atoms with Gasteiger partial charge in [-0.1, -0.05) is 12.1 Å². The van der Waals surface area contributed by atoms with Crippen molar-refractivity contribution < 1.29 is 0 Å². The highest BCUT2D eigenvalue weighted by Crippen LogP contribution is 2.26. The van der Waals surface area contributed by atoms with E-state index in [4.69, 9.17) is 5.41 Å². The Bertz CT molecular complexity index is 367. The van der Waals surface area contributed by atoms with Gasteiger partial charge in [0.15, 0.2) is 0 Å². The molecule has 0 fully saturated rings. The van der Waals surface area contributed by atoms with Crippen LogP contribution in [-0.4, -0.2) is 12.8 Å². The Kier molecular flexibility index (Phi) is 3.51. The summed E-state index contributed by atoms with van der Waals surface area (Å²) in [5.41, 5.74) is 4.45. The molecule has 1 rings (SSSR count). The van der Waals surface area contributed by atoms with Gasteiger partial charge in [-0.2, -0.15) is 10.2 Å². The van der Waals surface area contributed by atoms with Crippen LogP contribution < -0.4 is 0 Å². The molecule has 0 atom stereocenters. The molecule has 0 aromatic heterocycles. The first kappa shape index (κ1) is 10.6. The van der Waals surface area contributed by atoms with Crippen LogP contribution in [0.25, 0.3) is 0 Å². The van der Waals surface area contributed by atoms with Crippen LogP contribution in [0.1, 0.15) is 16.7 Å². The van der Waals surface area contributed by atoms with Crippen molar-refractivity contribution in [1.29, 1.82) is 5.41 Å². The molecule has 74 valence electrons. The number of nitrogens with one attached hydrogen (secondary N) is 1. The first-order valence-electron chi connectivity index (χ1n) is 4.60. The number of hydrogen-bond donors (Lipinski definition) is 1. The third-order valence-corrected chi connectivity index (χ3v) is 2.25. The van der Waals surface area contributed by atoms with Crippen molar-refractivity contribution in [3.63, 3.8) is 0 Å². The molecule has 0 saturated carbocycles. The van der Waals surface area contributed by atoms with Gasteiger partial charge in [-0.25, -0.2) is 0 Å². The molecule has 0 spiro atoms. The van der Waals surface area contributed by atoms with Crippen LogP contribution in [0.15, 0.2) is 22.4 Å². The van der Waals surface area contributed by atoms with Gasteiger partial charge in [-0.15, -0.1) is 0 Å². The summed E-state index contributed by atoms with van der Waals surface area (Å²) < 4.78 is 0. The summed E-state index contributed by atoms with van der Waals surface area (Å²) in [5.74, 6) is 0. The second-order valence-corrected chi connectivity index (χ2v) is 3.30. The smallest absolute Gasteiger partial charge is 0.0948 e. The molecule has 0 heterocycles. The predicted octanol–water partition coefficient (Wildman–Crippen LogP) is 3.35. The number of aryl methyl sites for hydroxylation is 2. The van der Waals surface area contributed by atoms with E-state index >= 15 is 0 Å². The molecule has 0 unspecified atom stereocenters. The van der Waals surface area contributed by atoms with Crippen molar-refractivity contribution in [2.75, 3.05) is 6.54 Å². The van der Waals surface area contributed by atoms with Crippen molar-refractivity contribution in [2.45, 2.75) is 20.8 Å². The standard InChI is InChI=1S/C11H15N3/c1-8-4-5-9(2)11(10(8)3)14-13-7-6-12/h4-6,12H,7H2,1-3H3. The molecule has 3 heteroatoms. The van der Waals surface area contributed by atoms with E-state index in [1.807, 2.05) is 19.9 Å². The van der Waals surface area contributed by atoms with Gasteiger partial charge in [0.25, 0.3) is 0 Å². The summed E-state index contributed by atoms with van der Waals surface area (Å²) >= 11 is 0. The van der Waals surface area contributed by atoms with Gasteiger partial charge in [0.2, 0.25) is 0 Å². The average molecular weight is 189 g/mol. The minimum Gasteiger partial charge on any atom is -0.311 e. The SMILES string of the molecule is Cc1ccc(C)c(N=NCC=N)c1C. The van der Waals surface area contributed by atoms with E-state index in [0.29, 0.717) is 6.54 Å². The lowest BCUT2D eigenvalue weighted by Crippen LogP contribution is -1.85. The quantitative estimate of drug-likeness (QED) is 0.560. The summed E-state index contributed by atoms with van der Waals surface area (Å²) in [6.45, 7) is 6.48. The molecule has 1 aromatic carbocycles. The zero-order valence-electron chi connectivity index (χ0n) is 8.83. The Morgan fingerprint density at radius 3 is 2.50 bits per heavy atom. The molecule has 0 amide bonds. The molecule has 0 aliphatic rings. The van der Waals surface area contributed by atoms with Crippen LogP contribution in [0.2, 0.25) is 0 Å². The Morgan fingerprint density at radius 1 is 1.21 bits per heavy atom. The number of nitrogens with zero attached hydrogens (tertiary/aromatic N) is 2. The van der Waals surface area contributed by atoms with E-state index in [2.05, 4.69) is 23.2 Å². The lowest BCUT2D eigenvalue weighted by Gasteiger charge is -2.05. The fourth-order valence-electron chi connectivity index (χ4n) is 1.24. The zero-order chi connectivity index (χ0) is 10.6. The molecule has 0 radical (unpaired) electrons. The molecule has 0 saturated heterocycles. The Balaban J connectivity index is 3.06.